The number of allylic oxidation sites excluding steroid dienone is 1. The van der Waals surface area contributed by atoms with Gasteiger partial charge in [0.05, 0.1) is 31.1 Å². The maximum Gasteiger partial charge on any atom is 0.407 e. The molecule has 0 unspecified atom stereocenters. The normalized spacial score (nSPS) is 25.2. The summed E-state index contributed by atoms with van der Waals surface area (Å²) in [6, 6.07) is 38.4. The molecule has 5 saturated carbocycles. The summed E-state index contributed by atoms with van der Waals surface area (Å²) < 4.78 is 36.9. The van der Waals surface area contributed by atoms with E-state index in [2.05, 4.69) is 35.1 Å². The molecule has 5 aliphatic carbocycles. The second-order valence-corrected chi connectivity index (χ2v) is 31.4. The van der Waals surface area contributed by atoms with Gasteiger partial charge in [0.25, 0.3) is 0 Å². The van der Waals surface area contributed by atoms with Crippen molar-refractivity contribution >= 4 is 48.6 Å². The highest BCUT2D eigenvalue weighted by Gasteiger charge is 2.39. The second kappa shape index (κ2) is 40.4. The molecule has 5 aliphatic rings. The molecular weight excluding hydrogens is 1300 g/mol. The van der Waals surface area contributed by atoms with Crippen LogP contribution in [0.1, 0.15) is 227 Å². The van der Waals surface area contributed by atoms with E-state index in [1.165, 1.54) is 5.57 Å². The van der Waals surface area contributed by atoms with E-state index in [1.807, 2.05) is 190 Å². The minimum absolute atomic E-state index is 0.0563. The van der Waals surface area contributed by atoms with Gasteiger partial charge in [-0.05, 0) is 232 Å². The number of carbonyl (C=O) groups excluding carboxylic acids is 7. The molecule has 0 atom stereocenters. The molecule has 0 spiro atoms. The summed E-state index contributed by atoms with van der Waals surface area (Å²) >= 11 is 0. The molecule has 0 radical (unpaired) electrons. The zero-order valence-electron chi connectivity index (χ0n) is 62.6. The average molecular weight is 1420 g/mol. The van der Waals surface area contributed by atoms with Gasteiger partial charge in [-0.15, -0.1) is 0 Å². The molecule has 0 heterocycles. The Bertz CT molecular complexity index is 3230. The summed E-state index contributed by atoms with van der Waals surface area (Å²) in [5.74, 6) is -1.12. The fourth-order valence-corrected chi connectivity index (χ4v) is 12.6. The van der Waals surface area contributed by atoms with Crippen LogP contribution in [0, 0.1) is 23.7 Å². The Morgan fingerprint density at radius 1 is 0.431 bits per heavy atom. The van der Waals surface area contributed by atoms with Gasteiger partial charge < -0.3 is 70.1 Å². The predicted octanol–water partition coefficient (Wildman–Crippen LogP) is 16.2. The van der Waals surface area contributed by atoms with Gasteiger partial charge in [-0.2, -0.15) is 0 Å². The minimum atomic E-state index is -0.747. The molecule has 21 heteroatoms. The highest BCUT2D eigenvalue weighted by molar-refractivity contribution is 5.74. The number of alkyl carbamates (subject to hydrolysis) is 4. The van der Waals surface area contributed by atoms with Crippen LogP contribution in [0.4, 0.5) is 19.2 Å². The average Bonchev–Trinajstić information content (AvgIpc) is 0.848. The first kappa shape index (κ1) is 84.2. The van der Waals surface area contributed by atoms with Crippen LogP contribution >= 0.6 is 0 Å². The first-order chi connectivity index (χ1) is 48.1. The Balaban J connectivity index is 0.000000231. The number of nitrogens with one attached hydrogen (secondary N) is 4. The summed E-state index contributed by atoms with van der Waals surface area (Å²) in [6.07, 6.45) is 17.2. The van der Waals surface area contributed by atoms with Crippen molar-refractivity contribution in [2.45, 2.75) is 270 Å². The molecule has 102 heavy (non-hydrogen) atoms. The summed E-state index contributed by atoms with van der Waals surface area (Å²) in [5, 5.41) is 20.8. The lowest BCUT2D eigenvalue weighted by molar-refractivity contribution is -0.162. The fourth-order valence-electron chi connectivity index (χ4n) is 12.6. The molecule has 4 aromatic rings. The first-order valence-electron chi connectivity index (χ1n) is 36.2. The number of amides is 4. The van der Waals surface area contributed by atoms with Crippen molar-refractivity contribution < 1.29 is 76.6 Å². The van der Waals surface area contributed by atoms with E-state index in [0.717, 1.165) is 118 Å². The molecule has 4 aromatic carbocycles. The summed E-state index contributed by atoms with van der Waals surface area (Å²) in [5.41, 5.74) is 9.08. The van der Waals surface area contributed by atoms with Crippen molar-refractivity contribution in [1.29, 1.82) is 0 Å². The molecule has 0 bridgehead atoms. The van der Waals surface area contributed by atoms with Gasteiger partial charge >= 0.3 is 42.3 Å². The van der Waals surface area contributed by atoms with Crippen LogP contribution < -0.4 is 27.0 Å². The molecule has 7 N–H and O–H groups in total. The monoisotopic (exact) mass is 1420 g/mol. The molecule has 0 aliphatic heterocycles. The Morgan fingerprint density at radius 2 is 0.696 bits per heavy atom. The highest BCUT2D eigenvalue weighted by Crippen LogP contribution is 2.37. The number of methoxy groups -OCH3 is 1. The summed E-state index contributed by atoms with van der Waals surface area (Å²) in [4.78, 5) is 93.3. The predicted molar refractivity (Wildman–Crippen MR) is 392 cm³/mol. The van der Waals surface area contributed by atoms with Crippen LogP contribution in [0.3, 0.4) is 0 Å². The number of carboxylic acid groups (broad SMARTS) is 1. The number of carboxylic acids is 1. The highest BCUT2D eigenvalue weighted by atomic mass is 16.6. The van der Waals surface area contributed by atoms with Gasteiger partial charge in [0, 0.05) is 33.6 Å². The van der Waals surface area contributed by atoms with Crippen LogP contribution in [-0.2, 0) is 78.8 Å². The van der Waals surface area contributed by atoms with Crippen molar-refractivity contribution in [2.75, 3.05) is 7.11 Å². The summed E-state index contributed by atoms with van der Waals surface area (Å²) in [7, 11) is 1.67. The van der Waals surface area contributed by atoms with Crippen LogP contribution in [0.2, 0.25) is 0 Å². The number of ether oxygens (including phenoxy) is 7. The minimum Gasteiger partial charge on any atom is -0.504 e. The number of rotatable bonds is 17. The second-order valence-electron chi connectivity index (χ2n) is 31.4. The lowest BCUT2D eigenvalue weighted by Gasteiger charge is -2.37. The number of benzene rings is 4. The molecule has 4 amide bonds. The summed E-state index contributed by atoms with van der Waals surface area (Å²) in [6.45, 7) is 22.5. The maximum absolute atomic E-state index is 12.2. The lowest BCUT2D eigenvalue weighted by Crippen LogP contribution is -2.49. The molecular formula is C81H117N5O16. The smallest absolute Gasteiger partial charge is 0.407 e. The van der Waals surface area contributed by atoms with Gasteiger partial charge in [-0.1, -0.05) is 121 Å². The van der Waals surface area contributed by atoms with Crippen molar-refractivity contribution in [2.24, 2.45) is 29.4 Å². The quantitative estimate of drug-likeness (QED) is 0.0248. The largest absolute Gasteiger partial charge is 0.504 e. The molecule has 9 rings (SSSR count). The van der Waals surface area contributed by atoms with Gasteiger partial charge in [0.15, 0.2) is 0 Å². The van der Waals surface area contributed by atoms with Gasteiger partial charge in [-0.25, -0.2) is 19.2 Å². The topological polar surface area (TPSA) is 296 Å². The van der Waals surface area contributed by atoms with Crippen molar-refractivity contribution in [3.05, 3.63) is 155 Å². The third-order valence-corrected chi connectivity index (χ3v) is 19.2. The van der Waals surface area contributed by atoms with Crippen LogP contribution in [0.25, 0.3) is 0 Å². The van der Waals surface area contributed by atoms with E-state index >= 15 is 0 Å². The van der Waals surface area contributed by atoms with Gasteiger partial charge in [0.1, 0.15) is 43.9 Å². The van der Waals surface area contributed by atoms with Crippen LogP contribution in [0.5, 0.6) is 0 Å². The first-order valence-corrected chi connectivity index (χ1v) is 36.2. The molecule has 21 nitrogen and oxygen atoms in total. The Hall–Kier alpha value is -8.46. The molecule has 5 fully saturated rings. The molecule has 0 aromatic heterocycles. The van der Waals surface area contributed by atoms with E-state index in [-0.39, 0.29) is 101 Å². The van der Waals surface area contributed by atoms with E-state index in [9.17, 15) is 38.4 Å². The zero-order chi connectivity index (χ0) is 75.0. The number of carbonyl (C=O) groups is 8. The van der Waals surface area contributed by atoms with Crippen molar-refractivity contribution in [3.8, 4) is 0 Å². The van der Waals surface area contributed by atoms with Crippen LogP contribution in [0.15, 0.2) is 133 Å². The molecule has 0 saturated heterocycles. The maximum atomic E-state index is 12.2. The number of aldehydes is 1. The lowest BCUT2D eigenvalue weighted by atomic mass is 9.77. The Morgan fingerprint density at radius 3 is 0.961 bits per heavy atom. The van der Waals surface area contributed by atoms with E-state index in [0.29, 0.717) is 45.1 Å². The van der Waals surface area contributed by atoms with Gasteiger partial charge in [0.2, 0.25) is 0 Å². The molecule has 562 valence electrons. The van der Waals surface area contributed by atoms with E-state index in [4.69, 9.17) is 44.0 Å². The van der Waals surface area contributed by atoms with Gasteiger partial charge in [-0.3, -0.25) is 14.4 Å². The number of aliphatic carboxylic acids is 1. The zero-order valence-corrected chi connectivity index (χ0v) is 62.6. The Kier molecular flexibility index (Phi) is 33.3. The number of nitrogens with two attached hydrogens (primary N) is 1. The van der Waals surface area contributed by atoms with Crippen molar-refractivity contribution in [3.63, 3.8) is 0 Å². The van der Waals surface area contributed by atoms with Crippen molar-refractivity contribution in [1.82, 2.24) is 21.3 Å². The number of hydrogen-bond acceptors (Lipinski definition) is 16. The fraction of sp³-hybridized carbons (Fsp3) is 0.580. The Labute approximate surface area is 605 Å². The number of hydrogen-bond donors (Lipinski definition) is 6. The third-order valence-electron chi connectivity index (χ3n) is 19.2. The third kappa shape index (κ3) is 33.1. The standard InChI is InChI=1S/C20H29NO4.C17H23NO3.C16H21NO4.C16H21NO3.C12H23NO2/c1-19(2,3)25-17(22)16-10-12-20(4,13-11-16)21-18(23)24-14-15-8-6-5-7-9-15;1-17(10-8-15(9-11-17)12-20-2)18-16(19)21-13-14-6-4-3-5-7-14;1-16(9-7-13(8-10-16)14(18)19)17-15(20)21-11-12-5-3-2-4-6-12;1-16(9-7-13(11-18)8-10-16)17-15(19)20-12-14-5-3-2-4-6-14;1-11(2,3)15-10(14)9-5-7-12(4,13)8-6-9/h5-9,16H,10-14H2,1-4H3,(H,21,23);3-7,12H,8-11,13H2,1-2H3,(H,18,19);2-6,13H,7-11H2,1H3,(H,17,20)(H,18,19);2-6,11,13H,7-10,12H2,1H3,(H,17,19);9H,5-8,13H2,1-4H3. The van der Waals surface area contributed by atoms with E-state index < -0.39 is 23.8 Å². The van der Waals surface area contributed by atoms with Crippen LogP contribution in [-0.4, -0.2) is 99.7 Å². The number of esters is 2. The van der Waals surface area contributed by atoms with E-state index in [1.54, 1.807) is 7.11 Å². The SMILES string of the molecule is CC1(N)CCC(C(=O)OC(C)(C)C)CC1.CC1(NC(=O)OCc2ccccc2)CCC(C(=O)O)CC1.CC1(NC(=O)OCc2ccccc2)CCC(C(=O)OC(C)(C)C)CC1.CC1(NC(=O)OCc2ccccc2)CCC(C=O)CC1.COC=C1CCC(C)(NC(=O)OCc2ccccc2)CC1.